The number of esters is 1. The van der Waals surface area contributed by atoms with E-state index in [1.807, 2.05) is 26.4 Å². The van der Waals surface area contributed by atoms with Crippen molar-refractivity contribution in [2.75, 3.05) is 49.6 Å². The van der Waals surface area contributed by atoms with Crippen LogP contribution < -0.4 is 14.5 Å². The molecule has 2 aromatic rings. The molecule has 39 heavy (non-hydrogen) atoms. The third-order valence-corrected chi connectivity index (χ3v) is 10.0. The van der Waals surface area contributed by atoms with Gasteiger partial charge in [0.15, 0.2) is 9.84 Å². The summed E-state index contributed by atoms with van der Waals surface area (Å²) in [6, 6.07) is 11.8. The molecule has 9 heteroatoms. The molecule has 0 saturated carbocycles. The Labute approximate surface area is 238 Å². The van der Waals surface area contributed by atoms with Crippen LogP contribution in [0.2, 0.25) is 0 Å². The van der Waals surface area contributed by atoms with E-state index in [-0.39, 0.29) is 16.1 Å². The van der Waals surface area contributed by atoms with Gasteiger partial charge in [-0.3, -0.25) is 0 Å². The Morgan fingerprint density at radius 2 is 1.74 bits per heavy atom. The van der Waals surface area contributed by atoms with Crippen molar-refractivity contribution in [3.05, 3.63) is 48.7 Å². The van der Waals surface area contributed by atoms with Crippen LogP contribution in [0.5, 0.6) is 5.75 Å². The quantitative estimate of drug-likeness (QED) is 0.118. The van der Waals surface area contributed by atoms with Crippen molar-refractivity contribution in [1.82, 2.24) is 0 Å². The van der Waals surface area contributed by atoms with Crippen LogP contribution in [0.4, 0.5) is 17.1 Å². The summed E-state index contributed by atoms with van der Waals surface area (Å²) in [5.74, 6) is -0.0652. The van der Waals surface area contributed by atoms with Gasteiger partial charge in [-0.25, -0.2) is 13.2 Å². The summed E-state index contributed by atoms with van der Waals surface area (Å²) in [4.78, 5) is 16.8. The van der Waals surface area contributed by atoms with Gasteiger partial charge in [-0.2, -0.15) is 0 Å². The van der Waals surface area contributed by atoms with Gasteiger partial charge in [0.1, 0.15) is 5.75 Å². The minimum atomic E-state index is -3.66. The Morgan fingerprint density at radius 1 is 1.10 bits per heavy atom. The molecule has 0 saturated heterocycles. The molecule has 0 bridgehead atoms. The lowest BCUT2D eigenvalue weighted by Crippen LogP contribution is -2.38. The number of hydrogen-bond acceptors (Lipinski definition) is 8. The van der Waals surface area contributed by atoms with Crippen molar-refractivity contribution < 1.29 is 22.7 Å². The summed E-state index contributed by atoms with van der Waals surface area (Å²) in [7, 11) is 1.64. The molecule has 0 fully saturated rings. The topological polar surface area (TPSA) is 76.2 Å². The van der Waals surface area contributed by atoms with Crippen molar-refractivity contribution in [1.29, 1.82) is 0 Å². The summed E-state index contributed by atoms with van der Waals surface area (Å²) in [6.45, 7) is 4.93. The summed E-state index contributed by atoms with van der Waals surface area (Å²) < 4.78 is 38.7. The van der Waals surface area contributed by atoms with Gasteiger partial charge in [0.25, 0.3) is 0 Å². The zero-order valence-electron chi connectivity index (χ0n) is 24.0. The number of carbonyl (C=O) groups excluding carboxylic acids is 1. The molecule has 7 nitrogen and oxygen atoms in total. The Bertz CT molecular complexity index is 1250. The van der Waals surface area contributed by atoms with Gasteiger partial charge in [-0.1, -0.05) is 39.5 Å². The predicted octanol–water partition coefficient (Wildman–Crippen LogP) is 6.83. The molecule has 0 atom stereocenters. The van der Waals surface area contributed by atoms with Crippen molar-refractivity contribution in [3.63, 3.8) is 0 Å². The molecule has 2 aromatic carbocycles. The smallest absolute Gasteiger partial charge is 0.333 e. The van der Waals surface area contributed by atoms with E-state index in [0.717, 1.165) is 54.8 Å². The molecule has 0 radical (unpaired) electrons. The second-order valence-electron chi connectivity index (χ2n) is 10.4. The minimum absolute atomic E-state index is 0.0926. The second-order valence-corrected chi connectivity index (χ2v) is 13.2. The number of hydrogen-bond donors (Lipinski definition) is 0. The molecule has 0 N–H and O–H groups in total. The SMILES string of the molecule is CCCCC1(CCCC)CN(c2ccc(N(C)C)cc2)c2cc(SC)c(O/C=C/C(=O)OC)cc2S(=O)(=O)C1. The number of rotatable bonds is 12. The van der Waals surface area contributed by atoms with E-state index in [4.69, 9.17) is 4.74 Å². The van der Waals surface area contributed by atoms with Crippen LogP contribution in [0, 0.1) is 5.41 Å². The van der Waals surface area contributed by atoms with Crippen molar-refractivity contribution in [3.8, 4) is 5.75 Å². The van der Waals surface area contributed by atoms with Crippen molar-refractivity contribution >= 4 is 44.6 Å². The first-order chi connectivity index (χ1) is 18.6. The standard InChI is InChI=1S/C30H42N2O5S2/c1-7-9-16-30(17-10-8-2)21-32(24-13-11-23(12-14-24)31(3)4)25-19-27(38-6)26(37-18-15-29(33)36-5)20-28(25)39(34,35)22-30/h11-15,18-20H,7-10,16-17,21-22H2,1-6H3/b18-15+. The van der Waals surface area contributed by atoms with Gasteiger partial charge in [-0.15, -0.1) is 11.8 Å². The van der Waals surface area contributed by atoms with Gasteiger partial charge in [-0.05, 0) is 49.4 Å². The van der Waals surface area contributed by atoms with Crippen LogP contribution in [0.1, 0.15) is 52.4 Å². The lowest BCUT2D eigenvalue weighted by Gasteiger charge is -2.37. The van der Waals surface area contributed by atoms with Crippen molar-refractivity contribution in [2.45, 2.75) is 62.2 Å². The molecule has 0 spiro atoms. The lowest BCUT2D eigenvalue weighted by molar-refractivity contribution is -0.134. The van der Waals surface area contributed by atoms with E-state index < -0.39 is 15.8 Å². The molecule has 0 aliphatic carbocycles. The molecule has 0 aromatic heterocycles. The average molecular weight is 575 g/mol. The summed E-state index contributed by atoms with van der Waals surface area (Å²) in [5, 5.41) is 0. The Morgan fingerprint density at radius 3 is 2.28 bits per heavy atom. The monoisotopic (exact) mass is 574 g/mol. The zero-order valence-corrected chi connectivity index (χ0v) is 25.7. The highest BCUT2D eigenvalue weighted by Gasteiger charge is 2.42. The average Bonchev–Trinajstić information content (AvgIpc) is 3.02. The third-order valence-electron chi connectivity index (χ3n) is 7.26. The number of fused-ring (bicyclic) bond motifs is 1. The summed E-state index contributed by atoms with van der Waals surface area (Å²) in [6.07, 6.45) is 10.0. The fourth-order valence-electron chi connectivity index (χ4n) is 5.11. The Kier molecular flexibility index (Phi) is 10.8. The van der Waals surface area contributed by atoms with Crippen LogP contribution in [-0.4, -0.2) is 54.1 Å². The fourth-order valence-corrected chi connectivity index (χ4v) is 7.77. The maximum atomic E-state index is 14.1. The number of anilines is 3. The largest absolute Gasteiger partial charge is 0.466 e. The van der Waals surface area contributed by atoms with E-state index in [9.17, 15) is 13.2 Å². The molecule has 3 rings (SSSR count). The van der Waals surface area contributed by atoms with Gasteiger partial charge < -0.3 is 19.3 Å². The predicted molar refractivity (Wildman–Crippen MR) is 161 cm³/mol. The van der Waals surface area contributed by atoms with Crippen molar-refractivity contribution in [2.24, 2.45) is 5.41 Å². The number of unbranched alkanes of at least 4 members (excludes halogenated alkanes) is 2. The maximum absolute atomic E-state index is 14.1. The number of methoxy groups -OCH3 is 1. The summed E-state index contributed by atoms with van der Waals surface area (Å²) in [5.41, 5.74) is 2.32. The van der Waals surface area contributed by atoms with Gasteiger partial charge in [0, 0.05) is 43.5 Å². The third kappa shape index (κ3) is 7.51. The summed E-state index contributed by atoms with van der Waals surface area (Å²) >= 11 is 1.47. The highest BCUT2D eigenvalue weighted by atomic mass is 32.2. The lowest BCUT2D eigenvalue weighted by atomic mass is 9.79. The molecule has 0 unspecified atom stereocenters. The maximum Gasteiger partial charge on any atom is 0.333 e. The van der Waals surface area contributed by atoms with Crippen LogP contribution >= 0.6 is 11.8 Å². The molecular weight excluding hydrogens is 532 g/mol. The number of carbonyl (C=O) groups is 1. The van der Waals surface area contributed by atoms with Gasteiger partial charge in [0.2, 0.25) is 0 Å². The highest BCUT2D eigenvalue weighted by Crippen LogP contribution is 2.48. The van der Waals surface area contributed by atoms with E-state index >= 15 is 0 Å². The van der Waals surface area contributed by atoms with E-state index in [1.165, 1.54) is 31.2 Å². The van der Waals surface area contributed by atoms with Crippen LogP contribution in [0.3, 0.4) is 0 Å². The fraction of sp³-hybridized carbons (Fsp3) is 0.500. The van der Waals surface area contributed by atoms with Crippen LogP contribution in [-0.2, 0) is 19.4 Å². The highest BCUT2D eigenvalue weighted by molar-refractivity contribution is 7.98. The van der Waals surface area contributed by atoms with E-state index in [0.29, 0.717) is 18.0 Å². The first-order valence-corrected chi connectivity index (χ1v) is 16.4. The Balaban J connectivity index is 2.23. The molecule has 1 aliphatic heterocycles. The number of benzene rings is 2. The number of thioether (sulfide) groups is 1. The van der Waals surface area contributed by atoms with Gasteiger partial charge >= 0.3 is 5.97 Å². The first-order valence-electron chi connectivity index (χ1n) is 13.5. The van der Waals surface area contributed by atoms with Crippen LogP contribution in [0.15, 0.2) is 58.5 Å². The Hall–Kier alpha value is -2.65. The molecule has 0 amide bonds. The molecular formula is C30H42N2O5S2. The van der Waals surface area contributed by atoms with Gasteiger partial charge in [0.05, 0.1) is 40.7 Å². The van der Waals surface area contributed by atoms with E-state index in [2.05, 4.69) is 52.6 Å². The minimum Gasteiger partial charge on any atom is -0.466 e. The zero-order chi connectivity index (χ0) is 28.6. The van der Waals surface area contributed by atoms with Crippen LogP contribution in [0.25, 0.3) is 0 Å². The second kappa shape index (κ2) is 13.6. The number of sulfone groups is 1. The molecule has 214 valence electrons. The number of ether oxygens (including phenoxy) is 2. The molecule has 1 heterocycles. The molecule has 1 aliphatic rings. The van der Waals surface area contributed by atoms with E-state index in [1.54, 1.807) is 6.07 Å². The number of nitrogens with zero attached hydrogens (tertiary/aromatic N) is 2. The first kappa shape index (κ1) is 30.9. The normalized spacial score (nSPS) is 16.0.